The Kier molecular flexibility index (Phi) is 7.80. The number of methoxy groups -OCH3 is 1. The molecule has 1 N–H and O–H groups in total. The fourth-order valence-corrected chi connectivity index (χ4v) is 2.79. The highest BCUT2D eigenvalue weighted by molar-refractivity contribution is 7.99. The minimum absolute atomic E-state index is 0.114. The Morgan fingerprint density at radius 3 is 2.41 bits per heavy atom. The van der Waals surface area contributed by atoms with E-state index in [0.29, 0.717) is 18.7 Å². The zero-order valence-electron chi connectivity index (χ0n) is 13.2. The van der Waals surface area contributed by atoms with Gasteiger partial charge in [0.1, 0.15) is 12.3 Å². The molecule has 0 aromatic heterocycles. The first-order valence-corrected chi connectivity index (χ1v) is 8.17. The van der Waals surface area contributed by atoms with Crippen molar-refractivity contribution in [1.29, 1.82) is 0 Å². The van der Waals surface area contributed by atoms with Crippen LogP contribution >= 0.6 is 11.8 Å². The molecule has 1 rings (SSSR count). The molecule has 0 aliphatic rings. The number of nitrogens with zero attached hydrogens (tertiary/aromatic N) is 1. The number of carbonyl (C=O) groups excluding carboxylic acids is 1. The summed E-state index contributed by atoms with van der Waals surface area (Å²) < 4.78 is 5.09. The summed E-state index contributed by atoms with van der Waals surface area (Å²) in [7, 11) is 1.62. The van der Waals surface area contributed by atoms with Gasteiger partial charge in [-0.15, -0.1) is 11.8 Å². The standard InChI is InChI=1S/C16H23NO4S/c1-12(2)10-17(11-16(19)20)15(18)8-9-22-14-6-4-13(21-3)5-7-14/h4-7,12H,8-11H2,1-3H3,(H,19,20). The Balaban J connectivity index is 2.45. The van der Waals surface area contributed by atoms with Crippen molar-refractivity contribution in [1.82, 2.24) is 4.90 Å². The lowest BCUT2D eigenvalue weighted by Crippen LogP contribution is -2.38. The second-order valence-corrected chi connectivity index (χ2v) is 6.50. The van der Waals surface area contributed by atoms with Crippen LogP contribution in [0.2, 0.25) is 0 Å². The topological polar surface area (TPSA) is 66.8 Å². The molecule has 6 heteroatoms. The monoisotopic (exact) mass is 325 g/mol. The van der Waals surface area contributed by atoms with Crippen molar-refractivity contribution in [3.63, 3.8) is 0 Å². The van der Waals surface area contributed by atoms with Crippen LogP contribution in [0, 0.1) is 5.92 Å². The Bertz CT molecular complexity index is 487. The molecule has 0 aliphatic carbocycles. The second kappa shape index (κ2) is 9.35. The van der Waals surface area contributed by atoms with Gasteiger partial charge in [0.15, 0.2) is 0 Å². The lowest BCUT2D eigenvalue weighted by Gasteiger charge is -2.22. The summed E-state index contributed by atoms with van der Waals surface area (Å²) in [6.45, 7) is 4.17. The number of hydrogen-bond acceptors (Lipinski definition) is 4. The first-order chi connectivity index (χ1) is 10.4. The van der Waals surface area contributed by atoms with E-state index in [4.69, 9.17) is 9.84 Å². The van der Waals surface area contributed by atoms with Crippen molar-refractivity contribution in [2.45, 2.75) is 25.2 Å². The lowest BCUT2D eigenvalue weighted by molar-refractivity contribution is -0.144. The third-order valence-electron chi connectivity index (χ3n) is 2.91. The predicted molar refractivity (Wildman–Crippen MR) is 87.4 cm³/mol. The highest BCUT2D eigenvalue weighted by Crippen LogP contribution is 2.22. The van der Waals surface area contributed by atoms with Crippen molar-refractivity contribution in [3.05, 3.63) is 24.3 Å². The second-order valence-electron chi connectivity index (χ2n) is 5.34. The number of thioether (sulfide) groups is 1. The number of rotatable bonds is 9. The van der Waals surface area contributed by atoms with Crippen LogP contribution in [0.3, 0.4) is 0 Å². The average Bonchev–Trinajstić information content (AvgIpc) is 2.46. The molecule has 0 unspecified atom stereocenters. The van der Waals surface area contributed by atoms with Crippen molar-refractivity contribution >= 4 is 23.6 Å². The molecular weight excluding hydrogens is 302 g/mol. The van der Waals surface area contributed by atoms with Crippen molar-refractivity contribution in [2.24, 2.45) is 5.92 Å². The first-order valence-electron chi connectivity index (χ1n) is 7.18. The fraction of sp³-hybridized carbons (Fsp3) is 0.500. The van der Waals surface area contributed by atoms with Gasteiger partial charge in [-0.25, -0.2) is 0 Å². The number of amides is 1. The van der Waals surface area contributed by atoms with Gasteiger partial charge in [0.2, 0.25) is 5.91 Å². The molecule has 0 atom stereocenters. The molecule has 5 nitrogen and oxygen atoms in total. The number of carboxylic acids is 1. The maximum atomic E-state index is 12.1. The largest absolute Gasteiger partial charge is 0.497 e. The molecule has 22 heavy (non-hydrogen) atoms. The maximum Gasteiger partial charge on any atom is 0.323 e. The smallest absolute Gasteiger partial charge is 0.323 e. The average molecular weight is 325 g/mol. The molecule has 1 amide bonds. The number of aliphatic carboxylic acids is 1. The van der Waals surface area contributed by atoms with Gasteiger partial charge in [-0.3, -0.25) is 9.59 Å². The Morgan fingerprint density at radius 1 is 1.27 bits per heavy atom. The van der Waals surface area contributed by atoms with Crippen LogP contribution in [0.4, 0.5) is 0 Å². The Labute approximate surface area is 135 Å². The highest BCUT2D eigenvalue weighted by atomic mass is 32.2. The zero-order valence-corrected chi connectivity index (χ0v) is 14.1. The van der Waals surface area contributed by atoms with Crippen LogP contribution < -0.4 is 4.74 Å². The van der Waals surface area contributed by atoms with Crippen LogP contribution in [-0.4, -0.2) is 47.8 Å². The van der Waals surface area contributed by atoms with Gasteiger partial charge in [0.25, 0.3) is 0 Å². The molecule has 122 valence electrons. The molecule has 0 fully saturated rings. The van der Waals surface area contributed by atoms with Gasteiger partial charge < -0.3 is 14.7 Å². The lowest BCUT2D eigenvalue weighted by atomic mass is 10.2. The predicted octanol–water partition coefficient (Wildman–Crippen LogP) is 2.75. The summed E-state index contributed by atoms with van der Waals surface area (Å²) in [6.07, 6.45) is 0.330. The minimum Gasteiger partial charge on any atom is -0.497 e. The third-order valence-corrected chi connectivity index (χ3v) is 3.92. The summed E-state index contributed by atoms with van der Waals surface area (Å²) in [4.78, 5) is 25.5. The number of ether oxygens (including phenoxy) is 1. The Morgan fingerprint density at radius 2 is 1.91 bits per heavy atom. The number of hydrogen-bond donors (Lipinski definition) is 1. The van der Waals surface area contributed by atoms with Crippen LogP contribution in [0.15, 0.2) is 29.2 Å². The normalized spacial score (nSPS) is 10.5. The van der Waals surface area contributed by atoms with E-state index >= 15 is 0 Å². The Hall–Kier alpha value is -1.69. The quantitative estimate of drug-likeness (QED) is 0.707. The summed E-state index contributed by atoms with van der Waals surface area (Å²) in [5.41, 5.74) is 0. The molecule has 1 aromatic rings. The van der Waals surface area contributed by atoms with Gasteiger partial charge in [-0.2, -0.15) is 0 Å². The summed E-state index contributed by atoms with van der Waals surface area (Å²) in [6, 6.07) is 7.63. The van der Waals surface area contributed by atoms with Gasteiger partial charge in [0.05, 0.1) is 7.11 Å². The van der Waals surface area contributed by atoms with E-state index in [1.165, 1.54) is 4.90 Å². The van der Waals surface area contributed by atoms with Crippen molar-refractivity contribution < 1.29 is 19.4 Å². The highest BCUT2D eigenvalue weighted by Gasteiger charge is 2.17. The molecule has 0 aliphatic heterocycles. The van der Waals surface area contributed by atoms with E-state index in [1.54, 1.807) is 18.9 Å². The van der Waals surface area contributed by atoms with Gasteiger partial charge in [-0.05, 0) is 30.2 Å². The van der Waals surface area contributed by atoms with E-state index in [1.807, 2.05) is 38.1 Å². The number of benzene rings is 1. The van der Waals surface area contributed by atoms with Gasteiger partial charge >= 0.3 is 5.97 Å². The first kappa shape index (κ1) is 18.4. The molecule has 0 saturated heterocycles. The number of carbonyl (C=O) groups is 2. The summed E-state index contributed by atoms with van der Waals surface area (Å²) in [5.74, 6) is 0.579. The fourth-order valence-electron chi connectivity index (χ4n) is 1.94. The SMILES string of the molecule is COc1ccc(SCCC(=O)N(CC(=O)O)CC(C)C)cc1. The molecule has 0 bridgehead atoms. The molecule has 0 heterocycles. The summed E-state index contributed by atoms with van der Waals surface area (Å²) in [5, 5.41) is 8.89. The molecule has 1 aromatic carbocycles. The van der Waals surface area contributed by atoms with Crippen LogP contribution in [0.1, 0.15) is 20.3 Å². The summed E-state index contributed by atoms with van der Waals surface area (Å²) >= 11 is 1.57. The maximum absolute atomic E-state index is 12.1. The van der Waals surface area contributed by atoms with E-state index in [-0.39, 0.29) is 18.4 Å². The van der Waals surface area contributed by atoms with E-state index < -0.39 is 5.97 Å². The van der Waals surface area contributed by atoms with Crippen molar-refractivity contribution in [2.75, 3.05) is 26.0 Å². The molecular formula is C16H23NO4S. The van der Waals surface area contributed by atoms with Gasteiger partial charge in [0, 0.05) is 23.6 Å². The van der Waals surface area contributed by atoms with E-state index in [9.17, 15) is 9.59 Å². The van der Waals surface area contributed by atoms with Gasteiger partial charge in [-0.1, -0.05) is 13.8 Å². The zero-order chi connectivity index (χ0) is 16.5. The van der Waals surface area contributed by atoms with Crippen molar-refractivity contribution in [3.8, 4) is 5.75 Å². The van der Waals surface area contributed by atoms with E-state index in [2.05, 4.69) is 0 Å². The van der Waals surface area contributed by atoms with Crippen LogP contribution in [0.5, 0.6) is 5.75 Å². The molecule has 0 spiro atoms. The number of carboxylic acid groups (broad SMARTS) is 1. The minimum atomic E-state index is -0.975. The molecule has 0 saturated carbocycles. The van der Waals surface area contributed by atoms with Crippen LogP contribution in [0.25, 0.3) is 0 Å². The van der Waals surface area contributed by atoms with E-state index in [0.717, 1.165) is 10.6 Å². The molecule has 0 radical (unpaired) electrons. The third kappa shape index (κ3) is 6.85. The van der Waals surface area contributed by atoms with Crippen LogP contribution in [-0.2, 0) is 9.59 Å².